The second-order valence-corrected chi connectivity index (χ2v) is 5.39. The van der Waals surface area contributed by atoms with Crippen LogP contribution < -0.4 is 0 Å². The van der Waals surface area contributed by atoms with Crippen molar-refractivity contribution in [3.05, 3.63) is 68.0 Å². The molecule has 2 aromatic rings. The molecular formula is C17H13ClN2O6. The van der Waals surface area contributed by atoms with Crippen LogP contribution in [0.1, 0.15) is 38.9 Å². The number of carbonyl (C=O) groups excluding carboxylic acids is 1. The molecule has 134 valence electrons. The summed E-state index contributed by atoms with van der Waals surface area (Å²) in [5.41, 5.74) is 0.0774. The summed E-state index contributed by atoms with van der Waals surface area (Å²) in [6, 6.07) is 5.33. The molecule has 0 saturated heterocycles. The summed E-state index contributed by atoms with van der Waals surface area (Å²) in [5.74, 6) is -1.95. The zero-order valence-electron chi connectivity index (χ0n) is 13.5. The number of nitro benzene ring substituents is 1. The van der Waals surface area contributed by atoms with E-state index in [-0.39, 0.29) is 34.1 Å². The average Bonchev–Trinajstić information content (AvgIpc) is 2.60. The fourth-order valence-corrected chi connectivity index (χ4v) is 2.24. The molecule has 0 atom stereocenters. The van der Waals surface area contributed by atoms with Crippen molar-refractivity contribution in [3.63, 3.8) is 0 Å². The zero-order chi connectivity index (χ0) is 19.3. The largest absolute Gasteiger partial charge is 0.478 e. The Bertz CT molecular complexity index is 910. The lowest BCUT2D eigenvalue weighted by atomic mass is 10.1. The smallest absolute Gasteiger partial charge is 0.339 e. The van der Waals surface area contributed by atoms with Gasteiger partial charge < -0.3 is 9.84 Å². The summed E-state index contributed by atoms with van der Waals surface area (Å²) < 4.78 is 4.81. The molecule has 0 spiro atoms. The van der Waals surface area contributed by atoms with Crippen LogP contribution in [0.15, 0.2) is 30.5 Å². The lowest BCUT2D eigenvalue weighted by molar-refractivity contribution is -0.384. The van der Waals surface area contributed by atoms with Crippen molar-refractivity contribution in [2.24, 2.45) is 0 Å². The van der Waals surface area contributed by atoms with Gasteiger partial charge in [0.1, 0.15) is 5.02 Å². The number of carbonyl (C=O) groups is 2. The quantitative estimate of drug-likeness (QED) is 0.463. The summed E-state index contributed by atoms with van der Waals surface area (Å²) in [4.78, 5) is 37.4. The second-order valence-electron chi connectivity index (χ2n) is 4.98. The van der Waals surface area contributed by atoms with Gasteiger partial charge in [0.05, 0.1) is 28.4 Å². The summed E-state index contributed by atoms with van der Waals surface area (Å²) in [5, 5.41) is 20.2. The molecule has 2 rings (SSSR count). The molecule has 0 aliphatic rings. The maximum absolute atomic E-state index is 11.7. The third-order valence-electron chi connectivity index (χ3n) is 3.26. The predicted molar refractivity (Wildman–Crippen MR) is 94.2 cm³/mol. The topological polar surface area (TPSA) is 120 Å². The Labute approximate surface area is 152 Å². The van der Waals surface area contributed by atoms with E-state index in [0.29, 0.717) is 5.56 Å². The number of carboxylic acids is 1. The van der Waals surface area contributed by atoms with Crippen molar-refractivity contribution in [3.8, 4) is 0 Å². The van der Waals surface area contributed by atoms with Gasteiger partial charge in [-0.25, -0.2) is 9.59 Å². The second kappa shape index (κ2) is 8.21. The number of nitro groups is 1. The number of hydrogen-bond acceptors (Lipinski definition) is 6. The first kappa shape index (κ1) is 19.1. The molecule has 0 bridgehead atoms. The van der Waals surface area contributed by atoms with E-state index in [1.807, 2.05) is 0 Å². The molecule has 0 amide bonds. The fraction of sp³-hybridized carbons (Fsp3) is 0.118. The third-order valence-corrected chi connectivity index (χ3v) is 3.58. The Morgan fingerprint density at radius 3 is 2.69 bits per heavy atom. The SMILES string of the molecule is CCOC(=O)c1cnc(C=Cc2ccc(Cl)c([N+](=O)[O-])c2)c(C(=O)O)c1. The lowest BCUT2D eigenvalue weighted by Crippen LogP contribution is -2.09. The van der Waals surface area contributed by atoms with E-state index in [4.69, 9.17) is 16.3 Å². The molecule has 9 heteroatoms. The van der Waals surface area contributed by atoms with Gasteiger partial charge in [0.15, 0.2) is 0 Å². The van der Waals surface area contributed by atoms with Crippen LogP contribution in [0.25, 0.3) is 12.2 Å². The van der Waals surface area contributed by atoms with Gasteiger partial charge in [0.2, 0.25) is 0 Å². The van der Waals surface area contributed by atoms with Gasteiger partial charge in [-0.1, -0.05) is 23.7 Å². The van der Waals surface area contributed by atoms with Crippen LogP contribution in [0.4, 0.5) is 5.69 Å². The predicted octanol–water partition coefficient (Wildman–Crippen LogP) is 3.69. The minimum Gasteiger partial charge on any atom is -0.478 e. The van der Waals surface area contributed by atoms with Crippen molar-refractivity contribution in [1.82, 2.24) is 4.98 Å². The van der Waals surface area contributed by atoms with Crippen molar-refractivity contribution < 1.29 is 24.4 Å². The average molecular weight is 377 g/mol. The zero-order valence-corrected chi connectivity index (χ0v) is 14.3. The number of halogens is 1. The Morgan fingerprint density at radius 1 is 1.35 bits per heavy atom. The van der Waals surface area contributed by atoms with Crippen LogP contribution in [-0.4, -0.2) is 33.6 Å². The van der Waals surface area contributed by atoms with Crippen LogP contribution in [0.5, 0.6) is 0 Å². The van der Waals surface area contributed by atoms with Gasteiger partial charge in [-0.2, -0.15) is 0 Å². The van der Waals surface area contributed by atoms with Crippen molar-refractivity contribution >= 4 is 41.4 Å². The molecule has 26 heavy (non-hydrogen) atoms. The molecule has 0 radical (unpaired) electrons. The van der Waals surface area contributed by atoms with E-state index >= 15 is 0 Å². The minimum absolute atomic E-state index is 0.00436. The summed E-state index contributed by atoms with van der Waals surface area (Å²) in [6.07, 6.45) is 4.04. The molecule has 1 N–H and O–H groups in total. The highest BCUT2D eigenvalue weighted by Crippen LogP contribution is 2.26. The molecule has 1 heterocycles. The number of ether oxygens (including phenoxy) is 1. The molecule has 8 nitrogen and oxygen atoms in total. The maximum atomic E-state index is 11.7. The normalized spacial score (nSPS) is 10.7. The van der Waals surface area contributed by atoms with Crippen molar-refractivity contribution in [2.75, 3.05) is 6.61 Å². The highest BCUT2D eigenvalue weighted by Gasteiger charge is 2.16. The number of aromatic nitrogens is 1. The number of rotatable bonds is 6. The maximum Gasteiger partial charge on any atom is 0.339 e. The monoisotopic (exact) mass is 376 g/mol. The first-order chi connectivity index (χ1) is 12.3. The van der Waals surface area contributed by atoms with E-state index in [0.717, 1.165) is 6.07 Å². The van der Waals surface area contributed by atoms with E-state index in [1.54, 1.807) is 13.0 Å². The fourth-order valence-electron chi connectivity index (χ4n) is 2.05. The Balaban J connectivity index is 2.38. The Hall–Kier alpha value is -3.26. The van der Waals surface area contributed by atoms with Gasteiger partial charge in [-0.05, 0) is 30.7 Å². The number of hydrogen-bond donors (Lipinski definition) is 1. The molecule has 1 aromatic heterocycles. The summed E-state index contributed by atoms with van der Waals surface area (Å²) in [7, 11) is 0. The van der Waals surface area contributed by atoms with Gasteiger partial charge >= 0.3 is 11.9 Å². The van der Waals surface area contributed by atoms with Crippen LogP contribution in [0.2, 0.25) is 5.02 Å². The third kappa shape index (κ3) is 4.42. The molecule has 0 saturated carbocycles. The Kier molecular flexibility index (Phi) is 6.03. The molecule has 0 fully saturated rings. The van der Waals surface area contributed by atoms with E-state index in [2.05, 4.69) is 4.98 Å². The standard InChI is InChI=1S/C17H13ClN2O6/c1-2-26-17(23)11-8-12(16(21)22)14(19-9-11)6-4-10-3-5-13(18)15(7-10)20(24)25/h3-9H,2H2,1H3,(H,21,22). The van der Waals surface area contributed by atoms with Gasteiger partial charge in [-0.15, -0.1) is 0 Å². The van der Waals surface area contributed by atoms with E-state index < -0.39 is 16.9 Å². The molecule has 0 aliphatic carbocycles. The summed E-state index contributed by atoms with van der Waals surface area (Å²) in [6.45, 7) is 1.78. The number of pyridine rings is 1. The van der Waals surface area contributed by atoms with Crippen molar-refractivity contribution in [2.45, 2.75) is 6.92 Å². The molecule has 1 aromatic carbocycles. The van der Waals surface area contributed by atoms with Gasteiger partial charge in [0.25, 0.3) is 5.69 Å². The Morgan fingerprint density at radius 2 is 2.08 bits per heavy atom. The van der Waals surface area contributed by atoms with Gasteiger partial charge in [0, 0.05) is 12.3 Å². The van der Waals surface area contributed by atoms with Crippen LogP contribution in [0.3, 0.4) is 0 Å². The van der Waals surface area contributed by atoms with E-state index in [9.17, 15) is 24.8 Å². The van der Waals surface area contributed by atoms with E-state index in [1.165, 1.54) is 30.5 Å². The van der Waals surface area contributed by atoms with Crippen LogP contribution >= 0.6 is 11.6 Å². The lowest BCUT2D eigenvalue weighted by Gasteiger charge is -2.05. The molecular weight excluding hydrogens is 364 g/mol. The van der Waals surface area contributed by atoms with Crippen LogP contribution in [0, 0.1) is 10.1 Å². The minimum atomic E-state index is -1.27. The highest BCUT2D eigenvalue weighted by molar-refractivity contribution is 6.32. The van der Waals surface area contributed by atoms with Gasteiger partial charge in [-0.3, -0.25) is 15.1 Å². The highest BCUT2D eigenvalue weighted by atomic mass is 35.5. The number of aromatic carboxylic acids is 1. The van der Waals surface area contributed by atoms with Crippen molar-refractivity contribution in [1.29, 1.82) is 0 Å². The number of benzene rings is 1. The summed E-state index contributed by atoms with van der Waals surface area (Å²) >= 11 is 5.75. The van der Waals surface area contributed by atoms with Crippen LogP contribution in [-0.2, 0) is 4.74 Å². The number of carboxylic acid groups (broad SMARTS) is 1. The first-order valence-corrected chi connectivity index (χ1v) is 7.73. The first-order valence-electron chi connectivity index (χ1n) is 7.36. The molecule has 0 aliphatic heterocycles. The molecule has 0 unspecified atom stereocenters. The number of nitrogens with zero attached hydrogens (tertiary/aromatic N) is 2. The number of esters is 1.